The van der Waals surface area contributed by atoms with E-state index >= 15 is 0 Å². The van der Waals surface area contributed by atoms with Crippen molar-refractivity contribution in [2.45, 2.75) is 13.3 Å². The molecule has 29 heavy (non-hydrogen) atoms. The quantitative estimate of drug-likeness (QED) is 0.649. The molecular formula is C22H24FN5O. The third kappa shape index (κ3) is 3.78. The molecular weight excluding hydrogens is 369 g/mol. The van der Waals surface area contributed by atoms with Crippen LogP contribution in [0.5, 0.6) is 0 Å². The fourth-order valence-electron chi connectivity index (χ4n) is 3.77. The smallest absolute Gasteiger partial charge is 0.228 e. The van der Waals surface area contributed by atoms with Gasteiger partial charge < -0.3 is 16.0 Å². The van der Waals surface area contributed by atoms with Crippen LogP contribution in [-0.4, -0.2) is 41.4 Å². The Labute approximate surface area is 168 Å². The lowest BCUT2D eigenvalue weighted by Gasteiger charge is -2.13. The number of pyridine rings is 2. The molecule has 1 aliphatic carbocycles. The van der Waals surface area contributed by atoms with Gasteiger partial charge >= 0.3 is 0 Å². The summed E-state index contributed by atoms with van der Waals surface area (Å²) in [5.74, 6) is 0.328. The average molecular weight is 393 g/mol. The number of halogens is 1. The molecule has 2 heterocycles. The number of nitrogen functional groups attached to an aromatic ring is 1. The van der Waals surface area contributed by atoms with Crippen molar-refractivity contribution in [2.75, 3.05) is 31.7 Å². The van der Waals surface area contributed by atoms with E-state index in [0.29, 0.717) is 33.6 Å². The molecule has 150 valence electrons. The molecule has 0 saturated heterocycles. The molecule has 1 saturated carbocycles. The predicted molar refractivity (Wildman–Crippen MR) is 113 cm³/mol. The van der Waals surface area contributed by atoms with Crippen LogP contribution in [0.4, 0.5) is 15.9 Å². The summed E-state index contributed by atoms with van der Waals surface area (Å²) >= 11 is 0. The van der Waals surface area contributed by atoms with Gasteiger partial charge in [0.25, 0.3) is 0 Å². The highest BCUT2D eigenvalue weighted by atomic mass is 19.1. The summed E-state index contributed by atoms with van der Waals surface area (Å²) in [7, 11) is 4.01. The number of aromatic nitrogens is 2. The van der Waals surface area contributed by atoms with Gasteiger partial charge in [0.2, 0.25) is 5.91 Å². The average Bonchev–Trinajstić information content (AvgIpc) is 3.44. The van der Waals surface area contributed by atoms with E-state index in [1.807, 2.05) is 27.1 Å². The van der Waals surface area contributed by atoms with Gasteiger partial charge in [-0.2, -0.15) is 0 Å². The van der Waals surface area contributed by atoms with E-state index in [1.165, 1.54) is 6.20 Å². The maximum absolute atomic E-state index is 14.9. The van der Waals surface area contributed by atoms with Crippen LogP contribution in [0, 0.1) is 24.6 Å². The van der Waals surface area contributed by atoms with Crippen LogP contribution in [0.2, 0.25) is 0 Å². The Balaban J connectivity index is 1.64. The highest BCUT2D eigenvalue weighted by molar-refractivity contribution is 6.00. The number of rotatable bonds is 5. The van der Waals surface area contributed by atoms with Gasteiger partial charge in [0.15, 0.2) is 5.82 Å². The lowest BCUT2D eigenvalue weighted by molar-refractivity contribution is -0.117. The van der Waals surface area contributed by atoms with Gasteiger partial charge in [0.1, 0.15) is 5.82 Å². The van der Waals surface area contributed by atoms with E-state index in [0.717, 1.165) is 18.5 Å². The minimum atomic E-state index is -0.489. The molecule has 1 amide bonds. The van der Waals surface area contributed by atoms with Gasteiger partial charge in [-0.3, -0.25) is 9.78 Å². The normalized spacial score (nSPS) is 18.2. The van der Waals surface area contributed by atoms with Gasteiger partial charge in [-0.25, -0.2) is 9.37 Å². The van der Waals surface area contributed by atoms with Crippen molar-refractivity contribution in [2.24, 2.45) is 11.8 Å². The number of carbonyl (C=O) groups excluding carboxylic acids is 1. The van der Waals surface area contributed by atoms with Gasteiger partial charge in [0, 0.05) is 47.6 Å². The molecule has 3 N–H and O–H groups in total. The Morgan fingerprint density at radius 2 is 2.10 bits per heavy atom. The molecule has 0 bridgehead atoms. The van der Waals surface area contributed by atoms with Crippen molar-refractivity contribution < 1.29 is 9.18 Å². The highest BCUT2D eigenvalue weighted by Crippen LogP contribution is 2.40. The van der Waals surface area contributed by atoms with E-state index in [1.54, 1.807) is 24.5 Å². The van der Waals surface area contributed by atoms with Gasteiger partial charge in [-0.05, 0) is 62.5 Å². The second kappa shape index (κ2) is 7.40. The molecule has 6 nitrogen and oxygen atoms in total. The van der Waals surface area contributed by atoms with E-state index in [9.17, 15) is 9.18 Å². The lowest BCUT2D eigenvalue weighted by atomic mass is 9.98. The van der Waals surface area contributed by atoms with Crippen LogP contribution in [-0.2, 0) is 4.79 Å². The van der Waals surface area contributed by atoms with Crippen LogP contribution in [0.25, 0.3) is 21.9 Å². The van der Waals surface area contributed by atoms with Crippen molar-refractivity contribution >= 4 is 28.2 Å². The minimum Gasteiger partial charge on any atom is -0.396 e. The summed E-state index contributed by atoms with van der Waals surface area (Å²) in [4.78, 5) is 22.9. The number of anilines is 2. The number of nitrogens with zero attached hydrogens (tertiary/aromatic N) is 3. The Bertz CT molecular complexity index is 1100. The van der Waals surface area contributed by atoms with Gasteiger partial charge in [-0.1, -0.05) is 0 Å². The van der Waals surface area contributed by atoms with Gasteiger partial charge in [0.05, 0.1) is 5.69 Å². The summed E-state index contributed by atoms with van der Waals surface area (Å²) in [5, 5.41) is 4.12. The second-order valence-corrected chi connectivity index (χ2v) is 7.99. The number of benzene rings is 1. The van der Waals surface area contributed by atoms with Crippen molar-refractivity contribution in [3.05, 3.63) is 48.2 Å². The third-order valence-electron chi connectivity index (χ3n) is 5.44. The third-order valence-corrected chi connectivity index (χ3v) is 5.44. The predicted octanol–water partition coefficient (Wildman–Crippen LogP) is 3.46. The van der Waals surface area contributed by atoms with Crippen molar-refractivity contribution in [3.8, 4) is 11.1 Å². The molecule has 1 fully saturated rings. The zero-order valence-corrected chi connectivity index (χ0v) is 16.7. The van der Waals surface area contributed by atoms with Crippen molar-refractivity contribution in [1.82, 2.24) is 14.9 Å². The first-order chi connectivity index (χ1) is 13.8. The molecule has 7 heteroatoms. The first-order valence-corrected chi connectivity index (χ1v) is 9.59. The number of nitrogens with one attached hydrogen (secondary N) is 1. The standard InChI is InChI=1S/C22H24FN5O/c1-12-4-5-25-9-17(12)16-6-13-8-19(26-10-18(13)21(24)20(16)23)27-22(29)15-7-14(15)11-28(2)3/h4-6,8-10,14-15H,7,11,24H2,1-3H3,(H,26,27,29)/t14-,15-/m1/s1. The van der Waals surface area contributed by atoms with Crippen LogP contribution >= 0.6 is 0 Å². The number of nitrogens with two attached hydrogens (primary N) is 1. The van der Waals surface area contributed by atoms with Gasteiger partial charge in [-0.15, -0.1) is 0 Å². The highest BCUT2D eigenvalue weighted by Gasteiger charge is 2.43. The van der Waals surface area contributed by atoms with Crippen molar-refractivity contribution in [1.29, 1.82) is 0 Å². The number of fused-ring (bicyclic) bond motifs is 1. The Kier molecular flexibility index (Phi) is 4.92. The van der Waals surface area contributed by atoms with E-state index in [-0.39, 0.29) is 17.5 Å². The summed E-state index contributed by atoms with van der Waals surface area (Å²) in [6.45, 7) is 2.79. The first kappa shape index (κ1) is 19.3. The summed E-state index contributed by atoms with van der Waals surface area (Å²) in [6.07, 6.45) is 5.69. The molecule has 0 unspecified atom stereocenters. The second-order valence-electron chi connectivity index (χ2n) is 7.99. The Morgan fingerprint density at radius 3 is 2.83 bits per heavy atom. The number of hydrogen-bond acceptors (Lipinski definition) is 5. The lowest BCUT2D eigenvalue weighted by Crippen LogP contribution is -2.20. The summed E-state index contributed by atoms with van der Waals surface area (Å²) in [5.41, 5.74) is 8.07. The Hall–Kier alpha value is -3.06. The summed E-state index contributed by atoms with van der Waals surface area (Å²) in [6, 6.07) is 5.29. The molecule has 2 aromatic heterocycles. The maximum Gasteiger partial charge on any atom is 0.228 e. The van der Waals surface area contributed by atoms with E-state index in [2.05, 4.69) is 20.2 Å². The molecule has 2 atom stereocenters. The molecule has 0 spiro atoms. The number of hydrogen-bond donors (Lipinski definition) is 2. The monoisotopic (exact) mass is 393 g/mol. The molecule has 3 aromatic rings. The molecule has 4 rings (SSSR count). The van der Waals surface area contributed by atoms with Crippen LogP contribution in [0.1, 0.15) is 12.0 Å². The number of amides is 1. The fourth-order valence-corrected chi connectivity index (χ4v) is 3.77. The molecule has 0 radical (unpaired) electrons. The minimum absolute atomic E-state index is 0.0155. The first-order valence-electron chi connectivity index (χ1n) is 9.59. The number of carbonyl (C=O) groups is 1. The topological polar surface area (TPSA) is 84.1 Å². The van der Waals surface area contributed by atoms with Crippen LogP contribution in [0.15, 0.2) is 36.8 Å². The fraction of sp³-hybridized carbons (Fsp3) is 0.318. The van der Waals surface area contributed by atoms with E-state index < -0.39 is 5.82 Å². The van der Waals surface area contributed by atoms with Crippen LogP contribution in [0.3, 0.4) is 0 Å². The zero-order valence-electron chi connectivity index (χ0n) is 16.7. The van der Waals surface area contributed by atoms with Crippen LogP contribution < -0.4 is 11.1 Å². The zero-order chi connectivity index (χ0) is 20.7. The maximum atomic E-state index is 14.9. The largest absolute Gasteiger partial charge is 0.396 e. The van der Waals surface area contributed by atoms with Crippen molar-refractivity contribution in [3.63, 3.8) is 0 Å². The SMILES string of the molecule is Cc1ccncc1-c1cc2cc(NC(=O)[C@@H]3C[C@@H]3CN(C)C)ncc2c(N)c1F. The molecule has 1 aliphatic rings. The molecule has 1 aromatic carbocycles. The summed E-state index contributed by atoms with van der Waals surface area (Å²) < 4.78 is 14.9. The Morgan fingerprint density at radius 1 is 1.31 bits per heavy atom. The number of aryl methyl sites for hydroxylation is 1. The van der Waals surface area contributed by atoms with E-state index in [4.69, 9.17) is 5.73 Å². The molecule has 0 aliphatic heterocycles.